The summed E-state index contributed by atoms with van der Waals surface area (Å²) in [6.45, 7) is 3.28. The van der Waals surface area contributed by atoms with E-state index in [1.807, 2.05) is 25.2 Å². The van der Waals surface area contributed by atoms with E-state index in [0.717, 1.165) is 0 Å². The van der Waals surface area contributed by atoms with Crippen molar-refractivity contribution in [2.75, 3.05) is 13.1 Å². The van der Waals surface area contributed by atoms with E-state index in [2.05, 4.69) is 6.08 Å². The fourth-order valence-corrected chi connectivity index (χ4v) is 4.61. The number of hydrogen-bond acceptors (Lipinski definition) is 2. The lowest BCUT2D eigenvalue weighted by Crippen LogP contribution is -2.45. The van der Waals surface area contributed by atoms with E-state index in [4.69, 9.17) is 0 Å². The summed E-state index contributed by atoms with van der Waals surface area (Å²) in [4.78, 5) is 0. The minimum Gasteiger partial charge on any atom is -0.211 e. The van der Waals surface area contributed by atoms with E-state index in [1.165, 1.54) is 12.8 Å². The monoisotopic (exact) mass is 239 g/mol. The second-order valence-electron chi connectivity index (χ2n) is 5.20. The molecule has 0 radical (unpaired) electrons. The molecular weight excluding hydrogens is 222 g/mol. The number of sulfonamides is 1. The molecule has 0 N–H and O–H groups in total. The summed E-state index contributed by atoms with van der Waals surface area (Å²) in [6, 6.07) is 0. The van der Waals surface area contributed by atoms with E-state index in [9.17, 15) is 8.42 Å². The Bertz CT molecular complexity index is 457. The highest BCUT2D eigenvalue weighted by atomic mass is 32.2. The standard InChI is InChI=1S/C12H17NO2S/c1-12(16(14,15)13-8-9-13)7-3-2-4-11(12)10-5-6-10/h2-4,7,10-11H,5-6,8-9H2,1H3/t11?,12-/m1/s1. The summed E-state index contributed by atoms with van der Waals surface area (Å²) >= 11 is 0. The van der Waals surface area contributed by atoms with Crippen LogP contribution in [-0.4, -0.2) is 30.6 Å². The van der Waals surface area contributed by atoms with E-state index in [0.29, 0.717) is 19.0 Å². The van der Waals surface area contributed by atoms with Crippen molar-refractivity contribution in [2.24, 2.45) is 11.8 Å². The lowest BCUT2D eigenvalue weighted by atomic mass is 9.85. The molecule has 2 atom stereocenters. The van der Waals surface area contributed by atoms with Crippen LogP contribution in [0.2, 0.25) is 0 Å². The van der Waals surface area contributed by atoms with E-state index in [-0.39, 0.29) is 5.92 Å². The molecule has 2 aliphatic carbocycles. The van der Waals surface area contributed by atoms with Crippen LogP contribution in [0.4, 0.5) is 0 Å². The lowest BCUT2D eigenvalue weighted by Gasteiger charge is -2.35. The Morgan fingerprint density at radius 3 is 2.50 bits per heavy atom. The molecule has 0 aromatic heterocycles. The molecule has 1 heterocycles. The van der Waals surface area contributed by atoms with Gasteiger partial charge in [0.05, 0.1) is 0 Å². The van der Waals surface area contributed by atoms with Crippen molar-refractivity contribution in [3.05, 3.63) is 24.3 Å². The van der Waals surface area contributed by atoms with Gasteiger partial charge in [-0.2, -0.15) is 4.31 Å². The predicted octanol–water partition coefficient (Wildman–Crippen LogP) is 1.54. The molecule has 0 amide bonds. The summed E-state index contributed by atoms with van der Waals surface area (Å²) in [6.07, 6.45) is 10.2. The third-order valence-electron chi connectivity index (χ3n) is 3.95. The first-order chi connectivity index (χ1) is 7.56. The molecule has 0 bridgehead atoms. The lowest BCUT2D eigenvalue weighted by molar-refractivity contribution is 0.434. The molecule has 3 aliphatic rings. The Labute approximate surface area is 96.9 Å². The molecule has 4 heteroatoms. The molecule has 3 nitrogen and oxygen atoms in total. The quantitative estimate of drug-likeness (QED) is 0.701. The molecule has 2 fully saturated rings. The maximum Gasteiger partial charge on any atom is 0.223 e. The highest BCUT2D eigenvalue weighted by molar-refractivity contribution is 7.90. The fraction of sp³-hybridized carbons (Fsp3) is 0.667. The number of rotatable bonds is 3. The van der Waals surface area contributed by atoms with Gasteiger partial charge in [0.2, 0.25) is 10.0 Å². The van der Waals surface area contributed by atoms with Crippen molar-refractivity contribution < 1.29 is 8.42 Å². The van der Waals surface area contributed by atoms with Crippen LogP contribution in [0, 0.1) is 11.8 Å². The first kappa shape index (κ1) is 10.5. The van der Waals surface area contributed by atoms with Gasteiger partial charge in [0, 0.05) is 19.0 Å². The Morgan fingerprint density at radius 1 is 1.25 bits per heavy atom. The van der Waals surface area contributed by atoms with Gasteiger partial charge < -0.3 is 0 Å². The van der Waals surface area contributed by atoms with Crippen LogP contribution < -0.4 is 0 Å². The van der Waals surface area contributed by atoms with E-state index < -0.39 is 14.8 Å². The first-order valence-electron chi connectivity index (χ1n) is 5.91. The van der Waals surface area contributed by atoms with Gasteiger partial charge >= 0.3 is 0 Å². The second-order valence-corrected chi connectivity index (χ2v) is 7.54. The topological polar surface area (TPSA) is 37.1 Å². The van der Waals surface area contributed by atoms with Crippen LogP contribution in [0.15, 0.2) is 24.3 Å². The highest BCUT2D eigenvalue weighted by Crippen LogP contribution is 2.48. The molecule has 1 saturated heterocycles. The summed E-state index contributed by atoms with van der Waals surface area (Å²) in [5.74, 6) is 0.740. The number of hydrogen-bond donors (Lipinski definition) is 0. The predicted molar refractivity (Wildman–Crippen MR) is 63.4 cm³/mol. The molecule has 1 unspecified atom stereocenters. The van der Waals surface area contributed by atoms with Crippen LogP contribution in [-0.2, 0) is 10.0 Å². The van der Waals surface area contributed by atoms with Crippen molar-refractivity contribution in [3.8, 4) is 0 Å². The van der Waals surface area contributed by atoms with E-state index >= 15 is 0 Å². The molecule has 0 spiro atoms. The molecule has 3 rings (SSSR count). The van der Waals surface area contributed by atoms with Crippen LogP contribution in [0.5, 0.6) is 0 Å². The summed E-state index contributed by atoms with van der Waals surface area (Å²) < 4.78 is 25.8. The fourth-order valence-electron chi connectivity index (χ4n) is 2.63. The van der Waals surface area contributed by atoms with E-state index in [1.54, 1.807) is 4.31 Å². The zero-order valence-corrected chi connectivity index (χ0v) is 10.3. The summed E-state index contributed by atoms with van der Waals surface area (Å²) in [5, 5.41) is 0. The minimum absolute atomic E-state index is 0.170. The average molecular weight is 239 g/mol. The zero-order valence-electron chi connectivity index (χ0n) is 9.46. The Hall–Kier alpha value is -0.610. The second kappa shape index (κ2) is 3.20. The average Bonchev–Trinajstić information content (AvgIpc) is 3.10. The summed E-state index contributed by atoms with van der Waals surface area (Å²) in [7, 11) is -3.15. The zero-order chi connectivity index (χ0) is 11.4. The van der Waals surface area contributed by atoms with Gasteiger partial charge in [0.15, 0.2) is 0 Å². The van der Waals surface area contributed by atoms with Crippen molar-refractivity contribution >= 4 is 10.0 Å². The molecule has 0 aromatic rings. The normalized spacial score (nSPS) is 38.9. The number of allylic oxidation sites excluding steroid dienone is 3. The molecule has 16 heavy (non-hydrogen) atoms. The minimum atomic E-state index is -3.15. The molecule has 0 aromatic carbocycles. The molecular formula is C12H17NO2S. The Kier molecular flexibility index (Phi) is 2.11. The van der Waals surface area contributed by atoms with Gasteiger partial charge in [-0.1, -0.05) is 24.3 Å². The number of nitrogens with zero attached hydrogens (tertiary/aromatic N) is 1. The Balaban J connectivity index is 2.00. The van der Waals surface area contributed by atoms with Crippen molar-refractivity contribution in [1.82, 2.24) is 4.31 Å². The molecule has 88 valence electrons. The van der Waals surface area contributed by atoms with Crippen LogP contribution in [0.25, 0.3) is 0 Å². The molecule has 1 aliphatic heterocycles. The third kappa shape index (κ3) is 1.39. The van der Waals surface area contributed by atoms with Crippen LogP contribution >= 0.6 is 0 Å². The largest absolute Gasteiger partial charge is 0.223 e. The first-order valence-corrected chi connectivity index (χ1v) is 7.35. The highest BCUT2D eigenvalue weighted by Gasteiger charge is 2.53. The van der Waals surface area contributed by atoms with Gasteiger partial charge in [-0.15, -0.1) is 0 Å². The van der Waals surface area contributed by atoms with Crippen LogP contribution in [0.1, 0.15) is 19.8 Å². The van der Waals surface area contributed by atoms with Crippen molar-refractivity contribution in [3.63, 3.8) is 0 Å². The van der Waals surface area contributed by atoms with Crippen LogP contribution in [0.3, 0.4) is 0 Å². The van der Waals surface area contributed by atoms with Gasteiger partial charge in [-0.3, -0.25) is 0 Å². The van der Waals surface area contributed by atoms with Gasteiger partial charge in [-0.25, -0.2) is 8.42 Å². The Morgan fingerprint density at radius 2 is 1.94 bits per heavy atom. The van der Waals surface area contributed by atoms with Crippen molar-refractivity contribution in [2.45, 2.75) is 24.5 Å². The smallest absolute Gasteiger partial charge is 0.211 e. The third-order valence-corrected chi connectivity index (χ3v) is 6.52. The maximum atomic E-state index is 12.5. The maximum absolute atomic E-state index is 12.5. The SMILES string of the molecule is C[C@@]1(S(=O)(=O)N2CC2)C=CC=CC1C1CC1. The van der Waals surface area contributed by atoms with Gasteiger partial charge in [0.1, 0.15) is 4.75 Å². The summed E-state index contributed by atoms with van der Waals surface area (Å²) in [5.41, 5.74) is 0. The van der Waals surface area contributed by atoms with Crippen molar-refractivity contribution in [1.29, 1.82) is 0 Å². The van der Waals surface area contributed by atoms with Gasteiger partial charge in [-0.05, 0) is 25.7 Å². The molecule has 1 saturated carbocycles. The van der Waals surface area contributed by atoms with Gasteiger partial charge in [0.25, 0.3) is 0 Å².